The van der Waals surface area contributed by atoms with Crippen LogP contribution < -0.4 is 9.47 Å². The van der Waals surface area contributed by atoms with Crippen molar-refractivity contribution in [1.82, 2.24) is 9.88 Å². The first kappa shape index (κ1) is 19.8. The number of methoxy groups -OCH3 is 1. The van der Waals surface area contributed by atoms with Crippen LogP contribution in [0.3, 0.4) is 0 Å². The van der Waals surface area contributed by atoms with E-state index in [1.54, 1.807) is 7.11 Å². The molecule has 1 unspecified atom stereocenters. The van der Waals surface area contributed by atoms with E-state index in [-0.39, 0.29) is 6.04 Å². The average molecular weight is 403 g/mol. The summed E-state index contributed by atoms with van der Waals surface area (Å²) in [6.07, 6.45) is 5.32. The second-order valence-electron chi connectivity index (χ2n) is 7.47. The van der Waals surface area contributed by atoms with Crippen molar-refractivity contribution in [2.75, 3.05) is 20.3 Å². The molecule has 0 saturated heterocycles. The number of H-pyrrole nitrogens is 1. The first-order valence-corrected chi connectivity index (χ1v) is 10.2. The molecule has 4 rings (SSSR count). The molecule has 1 aromatic heterocycles. The summed E-state index contributed by atoms with van der Waals surface area (Å²) in [7, 11) is 1.65. The summed E-state index contributed by atoms with van der Waals surface area (Å²) in [5.74, 6) is 1.44. The van der Waals surface area contributed by atoms with Crippen LogP contribution in [-0.2, 0) is 17.6 Å². The van der Waals surface area contributed by atoms with Crippen LogP contribution in [0.5, 0.6) is 11.5 Å². The van der Waals surface area contributed by atoms with Crippen LogP contribution in [0.1, 0.15) is 41.6 Å². The quantitative estimate of drug-likeness (QED) is 0.602. The van der Waals surface area contributed by atoms with Gasteiger partial charge in [-0.3, -0.25) is 4.79 Å². The highest BCUT2D eigenvalue weighted by atomic mass is 16.5. The predicted molar refractivity (Wildman–Crippen MR) is 115 cm³/mol. The Kier molecular flexibility index (Phi) is 5.62. The van der Waals surface area contributed by atoms with Crippen LogP contribution in [0.2, 0.25) is 0 Å². The second kappa shape index (κ2) is 8.50. The number of aromatic amines is 1. The number of aryl methyl sites for hydroxylation is 1. The summed E-state index contributed by atoms with van der Waals surface area (Å²) in [5.41, 5.74) is 5.14. The Morgan fingerprint density at radius 2 is 2.17 bits per heavy atom. The Labute approximate surface area is 176 Å². The van der Waals surface area contributed by atoms with Crippen LogP contribution in [0.4, 0.5) is 0 Å². The topological polar surface area (TPSA) is 78.3 Å². The molecule has 1 atom stereocenters. The standard InChI is InChI=1S/C24H25N3O3/c1-3-30-24-12-20-17(11-23(24)29-2)8-9-27(15-28)22(20)7-5-18-14-26-21-6-4-16(13-25)10-19(18)21/h4,6,10-12,14-15,22,26H,3,5,7-9H2,1-2H3. The van der Waals surface area contributed by atoms with Gasteiger partial charge in [-0.1, -0.05) is 0 Å². The Hall–Kier alpha value is -3.46. The molecule has 3 aromatic rings. The van der Waals surface area contributed by atoms with Gasteiger partial charge in [0.1, 0.15) is 0 Å². The van der Waals surface area contributed by atoms with Gasteiger partial charge in [0.25, 0.3) is 0 Å². The lowest BCUT2D eigenvalue weighted by atomic mass is 9.88. The largest absolute Gasteiger partial charge is 0.493 e. The zero-order chi connectivity index (χ0) is 21.1. The Morgan fingerprint density at radius 1 is 1.30 bits per heavy atom. The van der Waals surface area contributed by atoms with Gasteiger partial charge in [-0.25, -0.2) is 0 Å². The molecular weight excluding hydrogens is 378 g/mol. The molecule has 0 spiro atoms. The summed E-state index contributed by atoms with van der Waals surface area (Å²) < 4.78 is 11.3. The highest BCUT2D eigenvalue weighted by Gasteiger charge is 2.28. The van der Waals surface area contributed by atoms with Crippen LogP contribution in [0, 0.1) is 11.3 Å². The molecule has 2 aromatic carbocycles. The SMILES string of the molecule is CCOc1cc2c(cc1OC)CCN(C=O)C2CCc1c[nH]c2ccc(C#N)cc12. The Balaban J connectivity index is 1.66. The molecule has 0 fully saturated rings. The zero-order valence-electron chi connectivity index (χ0n) is 17.3. The van der Waals surface area contributed by atoms with Crippen LogP contribution in [-0.4, -0.2) is 36.6 Å². The number of carbonyl (C=O) groups excluding carboxylic acids is 1. The first-order valence-electron chi connectivity index (χ1n) is 10.2. The number of benzene rings is 2. The van der Waals surface area contributed by atoms with Gasteiger partial charge in [0.05, 0.1) is 31.4 Å². The van der Waals surface area contributed by atoms with Crippen molar-refractivity contribution < 1.29 is 14.3 Å². The van der Waals surface area contributed by atoms with E-state index in [0.717, 1.165) is 53.5 Å². The molecule has 1 amide bonds. The van der Waals surface area contributed by atoms with Gasteiger partial charge in [0, 0.05) is 23.6 Å². The van der Waals surface area contributed by atoms with Crippen molar-refractivity contribution in [3.63, 3.8) is 0 Å². The summed E-state index contributed by atoms with van der Waals surface area (Å²) in [6.45, 7) is 3.18. The molecule has 0 aliphatic carbocycles. The fraction of sp³-hybridized carbons (Fsp3) is 0.333. The minimum atomic E-state index is -0.0274. The molecule has 154 valence electrons. The van der Waals surface area contributed by atoms with Crippen molar-refractivity contribution >= 4 is 17.3 Å². The molecule has 0 radical (unpaired) electrons. The van der Waals surface area contributed by atoms with Gasteiger partial charge < -0.3 is 19.4 Å². The fourth-order valence-corrected chi connectivity index (χ4v) is 4.35. The van der Waals surface area contributed by atoms with Crippen molar-refractivity contribution in [3.05, 3.63) is 58.8 Å². The number of hydrogen-bond acceptors (Lipinski definition) is 4. The first-order chi connectivity index (χ1) is 14.7. The molecule has 0 saturated carbocycles. The molecule has 30 heavy (non-hydrogen) atoms. The predicted octanol–water partition coefficient (Wildman–Crippen LogP) is 4.14. The normalized spacial score (nSPS) is 15.5. The van der Waals surface area contributed by atoms with E-state index in [9.17, 15) is 10.1 Å². The highest BCUT2D eigenvalue weighted by molar-refractivity contribution is 5.84. The molecule has 1 aliphatic rings. The van der Waals surface area contributed by atoms with E-state index in [1.165, 1.54) is 5.56 Å². The molecule has 1 aliphatic heterocycles. The van der Waals surface area contributed by atoms with Crippen molar-refractivity contribution in [3.8, 4) is 17.6 Å². The zero-order valence-corrected chi connectivity index (χ0v) is 17.3. The van der Waals surface area contributed by atoms with E-state index < -0.39 is 0 Å². The van der Waals surface area contributed by atoms with Gasteiger partial charge in [-0.05, 0) is 73.2 Å². The van der Waals surface area contributed by atoms with Gasteiger partial charge in [-0.15, -0.1) is 0 Å². The average Bonchev–Trinajstić information content (AvgIpc) is 3.19. The Morgan fingerprint density at radius 3 is 2.90 bits per heavy atom. The maximum atomic E-state index is 11.8. The maximum absolute atomic E-state index is 11.8. The monoisotopic (exact) mass is 403 g/mol. The van der Waals surface area contributed by atoms with E-state index in [4.69, 9.17) is 9.47 Å². The number of amides is 1. The molecular formula is C24H25N3O3. The minimum Gasteiger partial charge on any atom is -0.493 e. The van der Waals surface area contributed by atoms with Gasteiger partial charge in [-0.2, -0.15) is 5.26 Å². The summed E-state index contributed by atoms with van der Waals surface area (Å²) in [6, 6.07) is 11.9. The summed E-state index contributed by atoms with van der Waals surface area (Å²) >= 11 is 0. The van der Waals surface area contributed by atoms with E-state index in [1.807, 2.05) is 48.4 Å². The minimum absolute atomic E-state index is 0.0274. The summed E-state index contributed by atoms with van der Waals surface area (Å²) in [5, 5.41) is 10.3. The van der Waals surface area contributed by atoms with E-state index in [0.29, 0.717) is 24.5 Å². The molecule has 0 bridgehead atoms. The van der Waals surface area contributed by atoms with Gasteiger partial charge in [0.15, 0.2) is 11.5 Å². The molecule has 6 heteroatoms. The number of hydrogen-bond donors (Lipinski definition) is 1. The molecule has 2 heterocycles. The van der Waals surface area contributed by atoms with Crippen molar-refractivity contribution in [2.24, 2.45) is 0 Å². The third-order valence-electron chi connectivity index (χ3n) is 5.84. The third kappa shape index (κ3) is 3.59. The van der Waals surface area contributed by atoms with Crippen molar-refractivity contribution in [1.29, 1.82) is 5.26 Å². The highest BCUT2D eigenvalue weighted by Crippen LogP contribution is 2.39. The van der Waals surface area contributed by atoms with Crippen LogP contribution in [0.25, 0.3) is 10.9 Å². The van der Waals surface area contributed by atoms with E-state index in [2.05, 4.69) is 11.1 Å². The number of fused-ring (bicyclic) bond motifs is 2. The van der Waals surface area contributed by atoms with Crippen LogP contribution in [0.15, 0.2) is 36.5 Å². The smallest absolute Gasteiger partial charge is 0.210 e. The number of ether oxygens (including phenoxy) is 2. The van der Waals surface area contributed by atoms with Gasteiger partial charge in [0.2, 0.25) is 6.41 Å². The second-order valence-corrected chi connectivity index (χ2v) is 7.47. The number of nitriles is 1. The Bertz CT molecular complexity index is 1110. The van der Waals surface area contributed by atoms with Gasteiger partial charge >= 0.3 is 0 Å². The maximum Gasteiger partial charge on any atom is 0.210 e. The van der Waals surface area contributed by atoms with Crippen LogP contribution >= 0.6 is 0 Å². The molecule has 6 nitrogen and oxygen atoms in total. The number of aromatic nitrogens is 1. The lowest BCUT2D eigenvalue weighted by molar-refractivity contribution is -0.120. The lowest BCUT2D eigenvalue weighted by Crippen LogP contribution is -2.34. The lowest BCUT2D eigenvalue weighted by Gasteiger charge is -2.35. The molecule has 1 N–H and O–H groups in total. The number of nitrogens with zero attached hydrogens (tertiary/aromatic N) is 2. The number of nitrogens with one attached hydrogen (secondary N) is 1. The summed E-state index contributed by atoms with van der Waals surface area (Å²) in [4.78, 5) is 17.0. The van der Waals surface area contributed by atoms with E-state index >= 15 is 0 Å². The number of carbonyl (C=O) groups is 1. The fourth-order valence-electron chi connectivity index (χ4n) is 4.35. The third-order valence-corrected chi connectivity index (χ3v) is 5.84. The number of rotatable bonds is 7. The van der Waals surface area contributed by atoms with Crippen molar-refractivity contribution in [2.45, 2.75) is 32.2 Å².